The van der Waals surface area contributed by atoms with Crippen LogP contribution < -0.4 is 5.56 Å². The van der Waals surface area contributed by atoms with Crippen LogP contribution >= 0.6 is 24.4 Å². The van der Waals surface area contributed by atoms with E-state index < -0.39 is 0 Å². The van der Waals surface area contributed by atoms with Gasteiger partial charge in [-0.15, -0.1) is 0 Å². The van der Waals surface area contributed by atoms with Crippen molar-refractivity contribution in [3.8, 4) is 0 Å². The molecule has 70 valence electrons. The van der Waals surface area contributed by atoms with Crippen molar-refractivity contribution < 1.29 is 0 Å². The van der Waals surface area contributed by atoms with Crippen LogP contribution in [0.4, 0.5) is 0 Å². The number of aromatic nitrogens is 2. The summed E-state index contributed by atoms with van der Waals surface area (Å²) in [4.78, 5) is 18.0. The lowest BCUT2D eigenvalue weighted by molar-refractivity contribution is 0.934. The fraction of sp³-hybridized carbons (Fsp3) is 0.250. The first kappa shape index (κ1) is 10.4. The minimum Gasteiger partial charge on any atom is -0.301 e. The second-order valence-electron chi connectivity index (χ2n) is 2.26. The molecule has 0 amide bonds. The summed E-state index contributed by atoms with van der Waals surface area (Å²) in [7, 11) is 0. The van der Waals surface area contributed by atoms with Gasteiger partial charge in [-0.25, -0.2) is 4.98 Å². The number of hydrogen-bond donors (Lipinski definition) is 2. The molecule has 0 aliphatic carbocycles. The number of nitrogens with zero attached hydrogens (tertiary/aromatic N) is 1. The van der Waals surface area contributed by atoms with Crippen LogP contribution in [-0.4, -0.2) is 22.0 Å². The van der Waals surface area contributed by atoms with Gasteiger partial charge in [0.25, 0.3) is 5.56 Å². The predicted octanol–water partition coefficient (Wildman–Crippen LogP) is 1.43. The van der Waals surface area contributed by atoms with Gasteiger partial charge in [-0.3, -0.25) is 4.79 Å². The van der Waals surface area contributed by atoms with Crippen molar-refractivity contribution in [2.24, 2.45) is 0 Å². The van der Waals surface area contributed by atoms with Gasteiger partial charge in [0.15, 0.2) is 5.16 Å². The molecule has 0 aromatic carbocycles. The quantitative estimate of drug-likeness (QED) is 0.454. The average molecular weight is 214 g/mol. The SMILES string of the molecule is CSc1ncc(C=CCS)c(=O)[nH]1. The number of rotatable bonds is 3. The van der Waals surface area contributed by atoms with Crippen molar-refractivity contribution in [1.82, 2.24) is 9.97 Å². The van der Waals surface area contributed by atoms with E-state index in [1.54, 1.807) is 18.3 Å². The zero-order chi connectivity index (χ0) is 9.68. The Kier molecular flexibility index (Phi) is 4.11. The molecule has 1 aromatic rings. The van der Waals surface area contributed by atoms with Gasteiger partial charge in [0.2, 0.25) is 0 Å². The molecule has 3 nitrogen and oxygen atoms in total. The molecule has 0 aliphatic rings. The van der Waals surface area contributed by atoms with Crippen molar-refractivity contribution in [1.29, 1.82) is 0 Å². The molecule has 0 radical (unpaired) electrons. The van der Waals surface area contributed by atoms with Crippen molar-refractivity contribution in [2.75, 3.05) is 12.0 Å². The highest BCUT2D eigenvalue weighted by atomic mass is 32.2. The molecule has 1 aromatic heterocycles. The first-order valence-electron chi connectivity index (χ1n) is 3.68. The monoisotopic (exact) mass is 214 g/mol. The molecule has 0 aliphatic heterocycles. The van der Waals surface area contributed by atoms with Gasteiger partial charge < -0.3 is 4.98 Å². The lowest BCUT2D eigenvalue weighted by Crippen LogP contribution is -2.10. The molecule has 0 saturated carbocycles. The van der Waals surface area contributed by atoms with Crippen molar-refractivity contribution in [2.45, 2.75) is 5.16 Å². The Labute approximate surface area is 86.1 Å². The number of hydrogen-bond acceptors (Lipinski definition) is 4. The van der Waals surface area contributed by atoms with Crippen LogP contribution in [0.15, 0.2) is 22.2 Å². The van der Waals surface area contributed by atoms with Crippen LogP contribution in [0.5, 0.6) is 0 Å². The normalized spacial score (nSPS) is 10.9. The fourth-order valence-corrected chi connectivity index (χ4v) is 1.25. The Morgan fingerprint density at radius 3 is 3.08 bits per heavy atom. The van der Waals surface area contributed by atoms with Gasteiger partial charge in [-0.1, -0.05) is 23.9 Å². The topological polar surface area (TPSA) is 45.8 Å². The summed E-state index contributed by atoms with van der Waals surface area (Å²) < 4.78 is 0. The first-order chi connectivity index (χ1) is 6.27. The highest BCUT2D eigenvalue weighted by molar-refractivity contribution is 7.98. The zero-order valence-electron chi connectivity index (χ0n) is 7.15. The molecule has 0 bridgehead atoms. The fourth-order valence-electron chi connectivity index (χ4n) is 0.790. The van der Waals surface area contributed by atoms with Gasteiger partial charge in [0.1, 0.15) is 0 Å². The summed E-state index contributed by atoms with van der Waals surface area (Å²) in [5.74, 6) is 0.615. The third kappa shape index (κ3) is 2.93. The van der Waals surface area contributed by atoms with Crippen molar-refractivity contribution in [3.63, 3.8) is 0 Å². The third-order valence-corrected chi connectivity index (χ3v) is 2.20. The number of thiol groups is 1. The Balaban J connectivity index is 2.99. The second kappa shape index (κ2) is 5.14. The molecule has 1 heterocycles. The van der Waals surface area contributed by atoms with E-state index in [9.17, 15) is 4.79 Å². The number of H-pyrrole nitrogens is 1. The van der Waals surface area contributed by atoms with E-state index in [-0.39, 0.29) is 5.56 Å². The Hall–Kier alpha value is -0.680. The molecule has 1 rings (SSSR count). The summed E-state index contributed by atoms with van der Waals surface area (Å²) in [6.07, 6.45) is 6.93. The molecule has 0 saturated heterocycles. The van der Waals surface area contributed by atoms with E-state index in [4.69, 9.17) is 0 Å². The minimum atomic E-state index is -0.114. The van der Waals surface area contributed by atoms with Crippen LogP contribution in [0.25, 0.3) is 6.08 Å². The highest BCUT2D eigenvalue weighted by Crippen LogP contribution is 2.04. The maximum atomic E-state index is 11.3. The van der Waals surface area contributed by atoms with E-state index >= 15 is 0 Å². The Bertz CT molecular complexity index is 359. The number of thioether (sulfide) groups is 1. The molecular formula is C8H10N2OS2. The van der Waals surface area contributed by atoms with Crippen LogP contribution in [0.2, 0.25) is 0 Å². The molecule has 13 heavy (non-hydrogen) atoms. The number of nitrogens with one attached hydrogen (secondary N) is 1. The summed E-state index contributed by atoms with van der Waals surface area (Å²) in [6.45, 7) is 0. The molecule has 0 unspecified atom stereocenters. The summed E-state index contributed by atoms with van der Waals surface area (Å²) in [5.41, 5.74) is 0.448. The lowest BCUT2D eigenvalue weighted by Gasteiger charge is -1.95. The highest BCUT2D eigenvalue weighted by Gasteiger charge is 1.97. The Morgan fingerprint density at radius 1 is 1.77 bits per heavy atom. The van der Waals surface area contributed by atoms with Gasteiger partial charge in [-0.05, 0) is 6.26 Å². The first-order valence-corrected chi connectivity index (χ1v) is 5.54. The van der Waals surface area contributed by atoms with Crippen molar-refractivity contribution >= 4 is 30.5 Å². The third-order valence-electron chi connectivity index (χ3n) is 1.40. The van der Waals surface area contributed by atoms with Gasteiger partial charge in [0.05, 0.1) is 5.56 Å². The number of aromatic amines is 1. The predicted molar refractivity (Wildman–Crippen MR) is 59.5 cm³/mol. The second-order valence-corrected chi connectivity index (χ2v) is 3.42. The standard InChI is InChI=1S/C8H10N2OS2/c1-13-8-9-5-6(3-2-4-12)7(11)10-8/h2-3,5,12H,4H2,1H3,(H,9,10,11). The van der Waals surface area contributed by atoms with Crippen LogP contribution in [-0.2, 0) is 0 Å². The molecule has 0 atom stereocenters. The molecular weight excluding hydrogens is 204 g/mol. The summed E-state index contributed by atoms with van der Waals surface area (Å²) in [6, 6.07) is 0. The van der Waals surface area contributed by atoms with Crippen molar-refractivity contribution in [3.05, 3.63) is 28.2 Å². The minimum absolute atomic E-state index is 0.114. The zero-order valence-corrected chi connectivity index (χ0v) is 8.86. The van der Waals surface area contributed by atoms with E-state index in [1.807, 2.05) is 6.26 Å². The maximum absolute atomic E-state index is 11.3. The maximum Gasteiger partial charge on any atom is 0.258 e. The van der Waals surface area contributed by atoms with E-state index in [2.05, 4.69) is 22.6 Å². The molecule has 0 fully saturated rings. The van der Waals surface area contributed by atoms with Crippen LogP contribution in [0.3, 0.4) is 0 Å². The van der Waals surface area contributed by atoms with E-state index in [0.29, 0.717) is 16.5 Å². The average Bonchev–Trinajstić information content (AvgIpc) is 2.16. The van der Waals surface area contributed by atoms with Gasteiger partial charge >= 0.3 is 0 Å². The van der Waals surface area contributed by atoms with Gasteiger partial charge in [0, 0.05) is 11.9 Å². The van der Waals surface area contributed by atoms with Crippen LogP contribution in [0, 0.1) is 0 Å². The molecule has 1 N–H and O–H groups in total. The van der Waals surface area contributed by atoms with Gasteiger partial charge in [-0.2, -0.15) is 12.6 Å². The van der Waals surface area contributed by atoms with Crippen LogP contribution in [0.1, 0.15) is 5.56 Å². The molecule has 0 spiro atoms. The van der Waals surface area contributed by atoms with E-state index in [1.165, 1.54) is 11.8 Å². The Morgan fingerprint density at radius 2 is 2.54 bits per heavy atom. The van der Waals surface area contributed by atoms with E-state index in [0.717, 1.165) is 0 Å². The largest absolute Gasteiger partial charge is 0.301 e. The molecule has 5 heteroatoms. The lowest BCUT2D eigenvalue weighted by atomic mass is 10.3. The summed E-state index contributed by atoms with van der Waals surface area (Å²) in [5, 5.41) is 0.632. The smallest absolute Gasteiger partial charge is 0.258 e. The summed E-state index contributed by atoms with van der Waals surface area (Å²) >= 11 is 5.41.